The largest absolute Gasteiger partial charge is 0.325 e. The van der Waals surface area contributed by atoms with Crippen LogP contribution >= 0.6 is 23.4 Å². The highest BCUT2D eigenvalue weighted by molar-refractivity contribution is 8.00. The molecule has 0 bridgehead atoms. The predicted molar refractivity (Wildman–Crippen MR) is 136 cm³/mol. The highest BCUT2D eigenvalue weighted by atomic mass is 35.5. The minimum atomic E-state index is -3.79. The Bertz CT molecular complexity index is 1210. The van der Waals surface area contributed by atoms with E-state index >= 15 is 0 Å². The van der Waals surface area contributed by atoms with Gasteiger partial charge >= 0.3 is 0 Å². The second-order valence-corrected chi connectivity index (χ2v) is 11.1. The van der Waals surface area contributed by atoms with Crippen molar-refractivity contribution in [2.75, 3.05) is 5.32 Å². The number of nitrogens with two attached hydrogens (primary N) is 1. The Morgan fingerprint density at radius 1 is 1.09 bits per heavy atom. The van der Waals surface area contributed by atoms with Gasteiger partial charge in [0.05, 0.1) is 10.1 Å². The van der Waals surface area contributed by atoms with Crippen LogP contribution < -0.4 is 10.5 Å². The fourth-order valence-corrected chi connectivity index (χ4v) is 4.79. The molecule has 1 amide bonds. The molecule has 2 aromatic carbocycles. The summed E-state index contributed by atoms with van der Waals surface area (Å²) in [6, 6.07) is 13.2. The van der Waals surface area contributed by atoms with Gasteiger partial charge in [-0.15, -0.1) is 10.2 Å². The molecule has 11 heteroatoms. The van der Waals surface area contributed by atoms with Crippen molar-refractivity contribution in [3.8, 4) is 11.4 Å². The number of hydrogen-bond donors (Lipinski definition) is 2. The highest BCUT2D eigenvalue weighted by Gasteiger charge is 2.21. The van der Waals surface area contributed by atoms with Gasteiger partial charge in [-0.1, -0.05) is 49.5 Å². The van der Waals surface area contributed by atoms with E-state index in [1.807, 2.05) is 28.8 Å². The smallest absolute Gasteiger partial charge is 0.238 e. The van der Waals surface area contributed by atoms with E-state index in [4.69, 9.17) is 16.7 Å². The van der Waals surface area contributed by atoms with Crippen LogP contribution in [0, 0.1) is 0 Å². The van der Waals surface area contributed by atoms with E-state index in [1.165, 1.54) is 36.0 Å². The molecule has 0 saturated carbocycles. The Kier molecular flexibility index (Phi) is 9.12. The lowest BCUT2D eigenvalue weighted by Gasteiger charge is -2.14. The summed E-state index contributed by atoms with van der Waals surface area (Å²) in [5, 5.41) is 17.5. The first kappa shape index (κ1) is 26.2. The van der Waals surface area contributed by atoms with E-state index in [-0.39, 0.29) is 10.8 Å². The van der Waals surface area contributed by atoms with Crippen molar-refractivity contribution in [2.45, 2.75) is 61.4 Å². The average Bonchev–Trinajstić information content (AvgIpc) is 3.19. The third-order valence-electron chi connectivity index (χ3n) is 5.16. The van der Waals surface area contributed by atoms with Gasteiger partial charge in [0.25, 0.3) is 0 Å². The number of hydrogen-bond acceptors (Lipinski definition) is 6. The minimum Gasteiger partial charge on any atom is -0.325 e. The summed E-state index contributed by atoms with van der Waals surface area (Å²) in [6.07, 6.45) is 4.38. The third kappa shape index (κ3) is 7.05. The molecule has 0 fully saturated rings. The number of carbonyl (C=O) groups is 1. The zero-order chi connectivity index (χ0) is 24.7. The topological polar surface area (TPSA) is 120 Å². The van der Waals surface area contributed by atoms with Gasteiger partial charge in [0.1, 0.15) is 0 Å². The molecule has 0 radical (unpaired) electrons. The van der Waals surface area contributed by atoms with Crippen LogP contribution in [-0.4, -0.2) is 34.3 Å². The lowest BCUT2D eigenvalue weighted by Crippen LogP contribution is -2.23. The van der Waals surface area contributed by atoms with Crippen LogP contribution in [0.2, 0.25) is 5.02 Å². The number of nitrogens with one attached hydrogen (secondary N) is 1. The van der Waals surface area contributed by atoms with E-state index in [0.29, 0.717) is 15.9 Å². The Labute approximate surface area is 209 Å². The fourth-order valence-electron chi connectivity index (χ4n) is 3.27. The number of anilines is 1. The number of aromatic nitrogens is 3. The molecule has 182 valence electrons. The summed E-state index contributed by atoms with van der Waals surface area (Å²) in [7, 11) is -3.79. The minimum absolute atomic E-state index is 0.0150. The van der Waals surface area contributed by atoms with Crippen molar-refractivity contribution in [2.24, 2.45) is 5.14 Å². The molecule has 1 atom stereocenters. The fraction of sp³-hybridized carbons (Fsp3) is 0.348. The molecule has 34 heavy (non-hydrogen) atoms. The van der Waals surface area contributed by atoms with Gasteiger partial charge in [-0.2, -0.15) is 0 Å². The van der Waals surface area contributed by atoms with E-state index in [0.717, 1.165) is 43.6 Å². The van der Waals surface area contributed by atoms with E-state index < -0.39 is 15.3 Å². The van der Waals surface area contributed by atoms with Crippen molar-refractivity contribution < 1.29 is 13.2 Å². The first-order valence-electron chi connectivity index (χ1n) is 11.0. The summed E-state index contributed by atoms with van der Waals surface area (Å²) in [4.78, 5) is 12.8. The first-order valence-corrected chi connectivity index (χ1v) is 13.8. The number of thioether (sulfide) groups is 1. The molecule has 0 aliphatic rings. The molecular formula is C23H28ClN5O3S2. The summed E-state index contributed by atoms with van der Waals surface area (Å²) in [5.41, 5.74) is 1.39. The van der Waals surface area contributed by atoms with E-state index in [2.05, 4.69) is 22.4 Å². The third-order valence-corrected chi connectivity index (χ3v) is 7.42. The molecule has 0 spiro atoms. The van der Waals surface area contributed by atoms with Crippen LogP contribution in [-0.2, 0) is 21.4 Å². The number of carbonyl (C=O) groups excluding carboxylic acids is 1. The van der Waals surface area contributed by atoms with Crippen LogP contribution in [0.5, 0.6) is 0 Å². The highest BCUT2D eigenvalue weighted by Crippen LogP contribution is 2.29. The second-order valence-electron chi connectivity index (χ2n) is 7.84. The number of rotatable bonds is 11. The Morgan fingerprint density at radius 3 is 2.38 bits per heavy atom. The standard InChI is InChI=1S/C23H28ClN5O3S2/c1-3-4-5-6-15-29-21(17-7-9-18(24)10-8-17)27-28-23(29)33-16(2)22(30)26-19-11-13-20(14-12-19)34(25,31)32/h7-14,16H,3-6,15H2,1-2H3,(H,26,30)(H2,25,31,32)/t16-/m1/s1. The number of unbranched alkanes of at least 4 members (excludes halogenated alkanes) is 3. The summed E-state index contributed by atoms with van der Waals surface area (Å²) >= 11 is 7.36. The number of sulfonamides is 1. The molecule has 1 aromatic heterocycles. The van der Waals surface area contributed by atoms with Gasteiger partial charge in [-0.25, -0.2) is 13.6 Å². The summed E-state index contributed by atoms with van der Waals surface area (Å²) in [5.74, 6) is 0.504. The average molecular weight is 522 g/mol. The maximum atomic E-state index is 12.8. The van der Waals surface area contributed by atoms with Gasteiger partial charge in [-0.3, -0.25) is 4.79 Å². The monoisotopic (exact) mass is 521 g/mol. The zero-order valence-electron chi connectivity index (χ0n) is 19.1. The van der Waals surface area contributed by atoms with Gasteiger partial charge < -0.3 is 9.88 Å². The summed E-state index contributed by atoms with van der Waals surface area (Å²) in [6.45, 7) is 4.70. The number of primary sulfonamides is 1. The zero-order valence-corrected chi connectivity index (χ0v) is 21.5. The van der Waals surface area contributed by atoms with Crippen LogP contribution in [0.15, 0.2) is 58.6 Å². The molecule has 0 saturated heterocycles. The number of amides is 1. The SMILES string of the molecule is CCCCCCn1c(S[C@H](C)C(=O)Nc2ccc(S(N)(=O)=O)cc2)nnc1-c1ccc(Cl)cc1. The van der Waals surface area contributed by atoms with Gasteiger partial charge in [0.2, 0.25) is 15.9 Å². The van der Waals surface area contributed by atoms with Crippen molar-refractivity contribution in [3.05, 3.63) is 53.6 Å². The van der Waals surface area contributed by atoms with Crippen molar-refractivity contribution >= 4 is 45.0 Å². The van der Waals surface area contributed by atoms with Crippen molar-refractivity contribution in [1.82, 2.24) is 14.8 Å². The molecule has 1 heterocycles. The quantitative estimate of drug-likeness (QED) is 0.272. The molecule has 0 aliphatic heterocycles. The molecule has 3 aromatic rings. The molecule has 8 nitrogen and oxygen atoms in total. The molecule has 3 rings (SSSR count). The van der Waals surface area contributed by atoms with E-state index in [1.54, 1.807) is 6.92 Å². The molecule has 3 N–H and O–H groups in total. The van der Waals surface area contributed by atoms with Crippen LogP contribution in [0.25, 0.3) is 11.4 Å². The van der Waals surface area contributed by atoms with Gasteiger partial charge in [0, 0.05) is 22.8 Å². The van der Waals surface area contributed by atoms with E-state index in [9.17, 15) is 13.2 Å². The maximum Gasteiger partial charge on any atom is 0.238 e. The Balaban J connectivity index is 1.74. The lowest BCUT2D eigenvalue weighted by molar-refractivity contribution is -0.115. The normalized spacial score (nSPS) is 12.5. The predicted octanol–water partition coefficient (Wildman–Crippen LogP) is 4.95. The lowest BCUT2D eigenvalue weighted by atomic mass is 10.2. The van der Waals surface area contributed by atoms with Gasteiger partial charge in [-0.05, 0) is 61.9 Å². The molecule has 0 aliphatic carbocycles. The van der Waals surface area contributed by atoms with Gasteiger partial charge in [0.15, 0.2) is 11.0 Å². The Morgan fingerprint density at radius 2 is 1.76 bits per heavy atom. The molecular weight excluding hydrogens is 494 g/mol. The number of nitrogens with zero attached hydrogens (tertiary/aromatic N) is 3. The first-order chi connectivity index (χ1) is 16.2. The number of halogens is 1. The Hall–Kier alpha value is -2.40. The van der Waals surface area contributed by atoms with Crippen LogP contribution in [0.3, 0.4) is 0 Å². The van der Waals surface area contributed by atoms with Crippen LogP contribution in [0.1, 0.15) is 39.5 Å². The molecule has 0 unspecified atom stereocenters. The summed E-state index contributed by atoms with van der Waals surface area (Å²) < 4.78 is 24.9. The van der Waals surface area contributed by atoms with Crippen molar-refractivity contribution in [1.29, 1.82) is 0 Å². The number of benzene rings is 2. The van der Waals surface area contributed by atoms with Crippen LogP contribution in [0.4, 0.5) is 5.69 Å². The van der Waals surface area contributed by atoms with Crippen molar-refractivity contribution in [3.63, 3.8) is 0 Å². The maximum absolute atomic E-state index is 12.8. The second kappa shape index (κ2) is 11.8.